The zero-order valence-corrected chi connectivity index (χ0v) is 12.3. The lowest BCUT2D eigenvalue weighted by atomic mass is 10.5. The number of alkyl halides is 3. The highest BCUT2D eigenvalue weighted by molar-refractivity contribution is 8.01. The number of rotatable bonds is 4. The number of anilines is 1. The first-order valence-electron chi connectivity index (χ1n) is 5.68. The van der Waals surface area contributed by atoms with Crippen LogP contribution in [0.1, 0.15) is 18.4 Å². The fraction of sp³-hybridized carbons (Fsp3) is 0.364. The van der Waals surface area contributed by atoms with E-state index in [1.165, 1.54) is 17.4 Å². The van der Waals surface area contributed by atoms with Gasteiger partial charge in [0.1, 0.15) is 10.8 Å². The van der Waals surface area contributed by atoms with Gasteiger partial charge in [-0.1, -0.05) is 0 Å². The van der Waals surface area contributed by atoms with E-state index < -0.39 is 12.0 Å². The molecule has 0 saturated heterocycles. The number of nitrogens with zero attached hydrogens (tertiary/aromatic N) is 3. The standard InChI is InChI=1S/C11H11F3N4S2/c1-3-15-7-4-8(18-9(17-7)11(12,13)14)20-10-16-6(2)5-19-10/h4-5H,3H2,1-2H3,(H,15,17,18). The van der Waals surface area contributed by atoms with Crippen LogP contribution in [-0.4, -0.2) is 21.5 Å². The predicted octanol–water partition coefficient (Wildman–Crippen LogP) is 3.84. The monoisotopic (exact) mass is 320 g/mol. The highest BCUT2D eigenvalue weighted by atomic mass is 32.2. The summed E-state index contributed by atoms with van der Waals surface area (Å²) in [7, 11) is 0. The van der Waals surface area contributed by atoms with Crippen molar-refractivity contribution in [1.82, 2.24) is 15.0 Å². The minimum Gasteiger partial charge on any atom is -0.370 e. The minimum atomic E-state index is -4.57. The van der Waals surface area contributed by atoms with Gasteiger partial charge in [-0.25, -0.2) is 15.0 Å². The Morgan fingerprint density at radius 3 is 2.60 bits per heavy atom. The summed E-state index contributed by atoms with van der Waals surface area (Å²) in [6, 6.07) is 1.49. The molecule has 4 nitrogen and oxygen atoms in total. The molecule has 2 rings (SSSR count). The number of nitrogens with one attached hydrogen (secondary N) is 1. The van der Waals surface area contributed by atoms with Crippen molar-refractivity contribution in [2.24, 2.45) is 0 Å². The third-order valence-electron chi connectivity index (χ3n) is 2.10. The molecule has 20 heavy (non-hydrogen) atoms. The van der Waals surface area contributed by atoms with Crippen molar-refractivity contribution < 1.29 is 13.2 Å². The quantitative estimate of drug-likeness (QED) is 0.867. The normalized spacial score (nSPS) is 11.7. The Hall–Kier alpha value is -1.35. The van der Waals surface area contributed by atoms with E-state index in [-0.39, 0.29) is 10.8 Å². The summed E-state index contributed by atoms with van der Waals surface area (Å²) in [6.45, 7) is 4.09. The molecule has 0 radical (unpaired) electrons. The lowest BCUT2D eigenvalue weighted by Gasteiger charge is -2.09. The van der Waals surface area contributed by atoms with Crippen molar-refractivity contribution in [3.8, 4) is 0 Å². The van der Waals surface area contributed by atoms with Crippen LogP contribution >= 0.6 is 23.1 Å². The van der Waals surface area contributed by atoms with Crippen molar-refractivity contribution in [3.05, 3.63) is 23.0 Å². The molecule has 0 atom stereocenters. The van der Waals surface area contributed by atoms with Crippen molar-refractivity contribution in [3.63, 3.8) is 0 Å². The number of aromatic nitrogens is 3. The van der Waals surface area contributed by atoms with E-state index in [4.69, 9.17) is 0 Å². The molecular weight excluding hydrogens is 309 g/mol. The Kier molecular flexibility index (Phi) is 4.48. The number of thiazole rings is 1. The van der Waals surface area contributed by atoms with Gasteiger partial charge < -0.3 is 5.32 Å². The van der Waals surface area contributed by atoms with Crippen LogP contribution in [0.5, 0.6) is 0 Å². The summed E-state index contributed by atoms with van der Waals surface area (Å²) in [4.78, 5) is 11.2. The van der Waals surface area contributed by atoms with Crippen molar-refractivity contribution in [1.29, 1.82) is 0 Å². The minimum absolute atomic E-state index is 0.158. The summed E-state index contributed by atoms with van der Waals surface area (Å²) in [5.41, 5.74) is 0.828. The SMILES string of the molecule is CCNc1cc(Sc2nc(C)cs2)nc(C(F)(F)F)n1. The Labute approximate surface area is 121 Å². The molecule has 2 aromatic rings. The fourth-order valence-electron chi connectivity index (χ4n) is 1.34. The summed E-state index contributed by atoms with van der Waals surface area (Å²) < 4.78 is 38.9. The molecule has 2 heterocycles. The van der Waals surface area contributed by atoms with Gasteiger partial charge in [0.05, 0.1) is 0 Å². The second-order valence-corrected chi connectivity index (χ2v) is 5.93. The van der Waals surface area contributed by atoms with Gasteiger partial charge in [-0.15, -0.1) is 11.3 Å². The summed E-state index contributed by atoms with van der Waals surface area (Å²) >= 11 is 2.46. The van der Waals surface area contributed by atoms with Crippen molar-refractivity contribution in [2.75, 3.05) is 11.9 Å². The molecule has 108 valence electrons. The lowest BCUT2D eigenvalue weighted by Crippen LogP contribution is -2.13. The predicted molar refractivity (Wildman–Crippen MR) is 72.2 cm³/mol. The molecule has 0 amide bonds. The van der Waals surface area contributed by atoms with Crippen LogP contribution in [-0.2, 0) is 6.18 Å². The van der Waals surface area contributed by atoms with Gasteiger partial charge in [0.2, 0.25) is 5.82 Å². The largest absolute Gasteiger partial charge is 0.451 e. The molecule has 0 saturated carbocycles. The maximum atomic E-state index is 12.8. The Morgan fingerprint density at radius 1 is 1.30 bits per heavy atom. The van der Waals surface area contributed by atoms with Crippen molar-refractivity contribution in [2.45, 2.75) is 29.4 Å². The number of aryl methyl sites for hydroxylation is 1. The average Bonchev–Trinajstić information content (AvgIpc) is 2.74. The zero-order valence-electron chi connectivity index (χ0n) is 10.7. The Balaban J connectivity index is 2.33. The summed E-state index contributed by atoms with van der Waals surface area (Å²) in [5.74, 6) is -0.989. The van der Waals surface area contributed by atoms with E-state index in [1.54, 1.807) is 6.92 Å². The van der Waals surface area contributed by atoms with Gasteiger partial charge in [-0.3, -0.25) is 0 Å². The van der Waals surface area contributed by atoms with Gasteiger partial charge >= 0.3 is 6.18 Å². The number of halogens is 3. The van der Waals surface area contributed by atoms with Gasteiger partial charge in [0.15, 0.2) is 4.34 Å². The molecule has 1 N–H and O–H groups in total. The Bertz CT molecular complexity index is 598. The van der Waals surface area contributed by atoms with Crippen LogP contribution in [0.4, 0.5) is 19.0 Å². The first kappa shape index (κ1) is 15.0. The molecular formula is C11H11F3N4S2. The van der Waals surface area contributed by atoms with Crippen LogP contribution in [0.25, 0.3) is 0 Å². The van der Waals surface area contributed by atoms with E-state index >= 15 is 0 Å². The molecule has 0 aliphatic rings. The van der Waals surface area contributed by atoms with Crippen LogP contribution in [0.15, 0.2) is 20.8 Å². The van der Waals surface area contributed by atoms with Crippen LogP contribution in [0.2, 0.25) is 0 Å². The zero-order chi connectivity index (χ0) is 14.8. The maximum Gasteiger partial charge on any atom is 0.451 e. The third kappa shape index (κ3) is 3.83. The van der Waals surface area contributed by atoms with Gasteiger partial charge in [-0.05, 0) is 25.6 Å². The Morgan fingerprint density at radius 2 is 2.05 bits per heavy atom. The van der Waals surface area contributed by atoms with Crippen LogP contribution in [0.3, 0.4) is 0 Å². The van der Waals surface area contributed by atoms with E-state index in [0.717, 1.165) is 17.5 Å². The second kappa shape index (κ2) is 5.96. The average molecular weight is 320 g/mol. The molecule has 0 bridgehead atoms. The van der Waals surface area contributed by atoms with Gasteiger partial charge in [0, 0.05) is 23.7 Å². The first-order valence-corrected chi connectivity index (χ1v) is 7.38. The molecule has 0 fully saturated rings. The first-order chi connectivity index (χ1) is 9.38. The molecule has 0 aromatic carbocycles. The number of hydrogen-bond acceptors (Lipinski definition) is 6. The third-order valence-corrected chi connectivity index (χ3v) is 4.08. The van der Waals surface area contributed by atoms with Gasteiger partial charge in [-0.2, -0.15) is 13.2 Å². The van der Waals surface area contributed by atoms with Crippen LogP contribution in [0, 0.1) is 6.92 Å². The smallest absolute Gasteiger partial charge is 0.370 e. The number of hydrogen-bond donors (Lipinski definition) is 1. The van der Waals surface area contributed by atoms with Crippen LogP contribution < -0.4 is 5.32 Å². The molecule has 0 unspecified atom stereocenters. The highest BCUT2D eigenvalue weighted by Crippen LogP contribution is 2.33. The van der Waals surface area contributed by atoms with E-state index in [0.29, 0.717) is 10.9 Å². The van der Waals surface area contributed by atoms with E-state index in [9.17, 15) is 13.2 Å². The summed E-state index contributed by atoms with van der Waals surface area (Å²) in [6.07, 6.45) is -4.57. The summed E-state index contributed by atoms with van der Waals surface area (Å²) in [5, 5.41) is 4.82. The lowest BCUT2D eigenvalue weighted by molar-refractivity contribution is -0.145. The van der Waals surface area contributed by atoms with Gasteiger partial charge in [0.25, 0.3) is 0 Å². The van der Waals surface area contributed by atoms with Crippen molar-refractivity contribution >= 4 is 28.9 Å². The second-order valence-electron chi connectivity index (χ2n) is 3.80. The molecule has 2 aromatic heterocycles. The van der Waals surface area contributed by atoms with E-state index in [2.05, 4.69) is 20.3 Å². The van der Waals surface area contributed by atoms with E-state index in [1.807, 2.05) is 12.3 Å². The molecule has 0 aliphatic carbocycles. The maximum absolute atomic E-state index is 12.8. The molecule has 9 heteroatoms. The molecule has 0 spiro atoms. The highest BCUT2D eigenvalue weighted by Gasteiger charge is 2.35. The topological polar surface area (TPSA) is 50.7 Å². The fourth-order valence-corrected chi connectivity index (χ4v) is 3.13. The molecule has 0 aliphatic heterocycles.